The van der Waals surface area contributed by atoms with Crippen LogP contribution in [0.2, 0.25) is 0 Å². The highest BCUT2D eigenvalue weighted by Gasteiger charge is 2.14. The summed E-state index contributed by atoms with van der Waals surface area (Å²) in [6.45, 7) is -0.488. The number of benzene rings is 2. The molecule has 0 amide bonds. The van der Waals surface area contributed by atoms with Crippen LogP contribution in [0.4, 0.5) is 12.7 Å². The lowest BCUT2D eigenvalue weighted by atomic mass is 10.0. The number of hydrogen-bond acceptors (Lipinski definition) is 6. The van der Waals surface area contributed by atoms with Crippen LogP contribution < -0.4 is 14.5 Å². The van der Waals surface area contributed by atoms with Crippen molar-refractivity contribution in [2.24, 2.45) is 0 Å². The first-order chi connectivity index (χ1) is 13.6. The van der Waals surface area contributed by atoms with Crippen molar-refractivity contribution < 1.29 is 35.2 Å². The van der Waals surface area contributed by atoms with Crippen LogP contribution in [0.5, 0.6) is 11.5 Å². The number of hydrogen-bond donors (Lipinski definition) is 1. The molecule has 1 N–H and O–H groups in total. The van der Waals surface area contributed by atoms with Gasteiger partial charge < -0.3 is 14.1 Å². The van der Waals surface area contributed by atoms with E-state index in [-0.39, 0.29) is 28.2 Å². The van der Waals surface area contributed by atoms with Gasteiger partial charge >= 0.3 is 10.5 Å². The summed E-state index contributed by atoms with van der Waals surface area (Å²) >= 11 is 0. The van der Waals surface area contributed by atoms with Gasteiger partial charge in [-0.2, -0.15) is 13.1 Å². The average Bonchev–Trinajstić information content (AvgIpc) is 2.63. The van der Waals surface area contributed by atoms with E-state index in [2.05, 4.69) is 4.18 Å². The summed E-state index contributed by atoms with van der Waals surface area (Å²) in [7, 11) is -5.16. The van der Waals surface area contributed by atoms with Crippen molar-refractivity contribution in [1.82, 2.24) is 4.73 Å². The molecular weight excluding hydrogens is 415 g/mol. The van der Waals surface area contributed by atoms with Crippen molar-refractivity contribution in [3.8, 4) is 22.6 Å². The molecule has 0 aliphatic carbocycles. The van der Waals surface area contributed by atoms with Crippen molar-refractivity contribution in [2.45, 2.75) is 6.61 Å². The number of pyridine rings is 1. The Morgan fingerprint density at radius 3 is 2.07 bits per heavy atom. The first kappa shape index (κ1) is 20.3. The van der Waals surface area contributed by atoms with Gasteiger partial charge in [0, 0.05) is 12.3 Å². The summed E-state index contributed by atoms with van der Waals surface area (Å²) in [5, 5.41) is 9.18. The molecule has 1 heterocycles. The topological polar surface area (TPSA) is 94.8 Å². The number of ether oxygens (including phenoxy) is 1. The summed E-state index contributed by atoms with van der Waals surface area (Å²) in [6, 6.07) is 9.03. The predicted octanol–water partition coefficient (Wildman–Crippen LogP) is 3.20. The van der Waals surface area contributed by atoms with E-state index in [0.717, 1.165) is 36.5 Å². The molecule has 152 valence electrons. The molecule has 2 aromatic carbocycles. The molecule has 0 aliphatic rings. The van der Waals surface area contributed by atoms with Crippen LogP contribution in [0.25, 0.3) is 11.1 Å². The van der Waals surface area contributed by atoms with Gasteiger partial charge in [0.15, 0.2) is 0 Å². The van der Waals surface area contributed by atoms with Gasteiger partial charge in [-0.1, -0.05) is 3.89 Å². The maximum Gasteiger partial charge on any atom is 0.488 e. The first-order valence-corrected chi connectivity index (χ1v) is 9.20. The molecule has 0 saturated heterocycles. The smallest absolute Gasteiger partial charge is 0.488 e. The van der Waals surface area contributed by atoms with E-state index < -0.39 is 34.3 Å². The Morgan fingerprint density at radius 2 is 1.52 bits per heavy atom. The predicted molar refractivity (Wildman–Crippen MR) is 94.7 cm³/mol. The van der Waals surface area contributed by atoms with Crippen molar-refractivity contribution in [2.75, 3.05) is 0 Å². The molecule has 7 nitrogen and oxygen atoms in total. The Labute approximate surface area is 162 Å². The van der Waals surface area contributed by atoms with Gasteiger partial charge in [-0.15, -0.1) is 0 Å². The molecule has 0 saturated carbocycles. The van der Waals surface area contributed by atoms with E-state index >= 15 is 0 Å². The Bertz CT molecular complexity index is 1190. The Morgan fingerprint density at radius 1 is 0.931 bits per heavy atom. The van der Waals surface area contributed by atoms with E-state index in [9.17, 15) is 31.1 Å². The highest BCUT2D eigenvalue weighted by molar-refractivity contribution is 7.81. The minimum Gasteiger partial charge on any atom is -0.489 e. The van der Waals surface area contributed by atoms with Crippen molar-refractivity contribution in [1.29, 1.82) is 0 Å². The largest absolute Gasteiger partial charge is 0.489 e. The quantitative estimate of drug-likeness (QED) is 0.480. The third kappa shape index (κ3) is 5.08. The Kier molecular flexibility index (Phi) is 5.50. The zero-order valence-electron chi connectivity index (χ0n) is 14.4. The summed E-state index contributed by atoms with van der Waals surface area (Å²) in [5.74, 6) is -2.01. The van der Waals surface area contributed by atoms with E-state index in [4.69, 9.17) is 4.74 Å². The minimum absolute atomic E-state index is 0.0929. The van der Waals surface area contributed by atoms with Gasteiger partial charge in [0.1, 0.15) is 29.7 Å². The van der Waals surface area contributed by atoms with E-state index in [1.807, 2.05) is 0 Å². The second-order valence-electron chi connectivity index (χ2n) is 5.75. The summed E-state index contributed by atoms with van der Waals surface area (Å²) in [5.41, 5.74) is -0.834. The molecule has 0 unspecified atom stereocenters. The Balaban J connectivity index is 1.76. The van der Waals surface area contributed by atoms with Crippen molar-refractivity contribution in [3.05, 3.63) is 82.3 Å². The zero-order valence-corrected chi connectivity index (χ0v) is 15.2. The zero-order chi connectivity index (χ0) is 21.2. The molecule has 3 rings (SSSR count). The van der Waals surface area contributed by atoms with E-state index in [1.54, 1.807) is 0 Å². The lowest BCUT2D eigenvalue weighted by Crippen LogP contribution is -2.15. The molecule has 0 atom stereocenters. The van der Waals surface area contributed by atoms with Crippen LogP contribution in [-0.2, 0) is 17.1 Å². The van der Waals surface area contributed by atoms with Gasteiger partial charge in [0.25, 0.3) is 5.56 Å². The van der Waals surface area contributed by atoms with Gasteiger partial charge in [-0.05, 0) is 53.6 Å². The van der Waals surface area contributed by atoms with Crippen molar-refractivity contribution in [3.63, 3.8) is 0 Å². The molecule has 11 heteroatoms. The molecular formula is C18H12F3NO6S. The molecule has 0 radical (unpaired) electrons. The molecule has 3 aromatic rings. The highest BCUT2D eigenvalue weighted by Crippen LogP contribution is 2.25. The monoisotopic (exact) mass is 427 g/mol. The maximum absolute atomic E-state index is 14.3. The third-order valence-electron chi connectivity index (χ3n) is 3.78. The summed E-state index contributed by atoms with van der Waals surface area (Å²) in [6.07, 6.45) is 1.05. The molecule has 0 aliphatic heterocycles. The second-order valence-corrected chi connectivity index (χ2v) is 6.71. The number of halogens is 3. The SMILES string of the molecule is O=c1cc(-c2cc(F)c(COc3ccc(OS(=O)(=O)F)cc3)c(F)c2)ccn1O. The molecule has 0 fully saturated rings. The molecule has 0 spiro atoms. The number of nitrogens with zero attached hydrogens (tertiary/aromatic N) is 1. The lowest BCUT2D eigenvalue weighted by molar-refractivity contribution is 0.175. The number of rotatable bonds is 6. The molecule has 0 bridgehead atoms. The fraction of sp³-hybridized carbons (Fsp3) is 0.0556. The minimum atomic E-state index is -5.16. The fourth-order valence-corrected chi connectivity index (χ4v) is 2.76. The fourth-order valence-electron chi connectivity index (χ4n) is 2.42. The standard InChI is InChI=1S/C18H12F3NO6S/c19-16-7-12(11-5-6-22(24)18(23)9-11)8-17(20)15(16)10-27-13-1-3-14(4-2-13)28-29(21,25)26/h1-9,24H,10H2. The summed E-state index contributed by atoms with van der Waals surface area (Å²) in [4.78, 5) is 11.5. The van der Waals surface area contributed by atoms with Gasteiger partial charge in [0.05, 0.1) is 5.56 Å². The third-order valence-corrected chi connectivity index (χ3v) is 4.17. The van der Waals surface area contributed by atoms with Gasteiger partial charge in [-0.25, -0.2) is 8.78 Å². The van der Waals surface area contributed by atoms with E-state index in [1.165, 1.54) is 18.2 Å². The van der Waals surface area contributed by atoms with Gasteiger partial charge in [0.2, 0.25) is 0 Å². The number of aromatic nitrogens is 1. The highest BCUT2D eigenvalue weighted by atomic mass is 32.3. The lowest BCUT2D eigenvalue weighted by Gasteiger charge is -2.11. The summed E-state index contributed by atoms with van der Waals surface area (Å²) < 4.78 is 71.5. The van der Waals surface area contributed by atoms with Crippen LogP contribution >= 0.6 is 0 Å². The van der Waals surface area contributed by atoms with Crippen LogP contribution in [0, 0.1) is 11.6 Å². The van der Waals surface area contributed by atoms with Gasteiger partial charge in [-0.3, -0.25) is 4.79 Å². The maximum atomic E-state index is 14.3. The van der Waals surface area contributed by atoms with Crippen LogP contribution in [0.3, 0.4) is 0 Å². The molecule has 29 heavy (non-hydrogen) atoms. The van der Waals surface area contributed by atoms with Crippen LogP contribution in [-0.4, -0.2) is 18.4 Å². The van der Waals surface area contributed by atoms with Crippen LogP contribution in [0.15, 0.2) is 59.5 Å². The normalized spacial score (nSPS) is 11.3. The molecule has 1 aromatic heterocycles. The van der Waals surface area contributed by atoms with Crippen molar-refractivity contribution >= 4 is 10.5 Å². The van der Waals surface area contributed by atoms with E-state index in [0.29, 0.717) is 4.73 Å². The first-order valence-electron chi connectivity index (χ1n) is 7.89. The van der Waals surface area contributed by atoms with Crippen LogP contribution in [0.1, 0.15) is 5.56 Å². The Hall–Kier alpha value is -3.47. The second kappa shape index (κ2) is 7.87. The average molecular weight is 427 g/mol.